The normalized spacial score (nSPS) is 14.2. The number of aryl methyl sites for hydroxylation is 1. The molecule has 0 aliphatic carbocycles. The van der Waals surface area contributed by atoms with Gasteiger partial charge in [-0.2, -0.15) is 5.10 Å². The van der Waals surface area contributed by atoms with Gasteiger partial charge in [0.25, 0.3) is 0 Å². The highest BCUT2D eigenvalue weighted by molar-refractivity contribution is 5.83. The molecule has 9 nitrogen and oxygen atoms in total. The molecule has 4 rings (SSSR count). The largest absolute Gasteiger partial charge is 0.495 e. The van der Waals surface area contributed by atoms with Gasteiger partial charge in [-0.3, -0.25) is 4.68 Å². The summed E-state index contributed by atoms with van der Waals surface area (Å²) in [6.45, 7) is 3.42. The number of hydrogen-bond acceptors (Lipinski definition) is 8. The second-order valence-electron chi connectivity index (χ2n) is 6.92. The molecule has 0 atom stereocenters. The third kappa shape index (κ3) is 3.75. The van der Waals surface area contributed by atoms with Gasteiger partial charge in [0.1, 0.15) is 5.75 Å². The van der Waals surface area contributed by atoms with Gasteiger partial charge in [-0.1, -0.05) is 0 Å². The Morgan fingerprint density at radius 3 is 2.21 bits per heavy atom. The average Bonchev–Trinajstić information content (AvgIpc) is 3.20. The molecule has 1 aliphatic heterocycles. The molecule has 29 heavy (non-hydrogen) atoms. The molecule has 0 bridgehead atoms. The van der Waals surface area contributed by atoms with Crippen LogP contribution in [0.5, 0.6) is 11.8 Å². The summed E-state index contributed by atoms with van der Waals surface area (Å²) in [5, 5.41) is 4.31. The SMILES string of the molecule is COc1ncc(N2CCN(c3cc(OC)c(N)cc3-c3cnn(C)c3)CC2)cn1. The maximum atomic E-state index is 6.19. The fourth-order valence-electron chi connectivity index (χ4n) is 3.60. The number of nitrogens with two attached hydrogens (primary N) is 1. The second-order valence-corrected chi connectivity index (χ2v) is 6.92. The molecule has 0 radical (unpaired) electrons. The van der Waals surface area contributed by atoms with Gasteiger partial charge < -0.3 is 25.0 Å². The number of nitrogen functional groups attached to an aromatic ring is 1. The van der Waals surface area contributed by atoms with E-state index in [1.807, 2.05) is 31.6 Å². The maximum Gasteiger partial charge on any atom is 0.316 e. The molecule has 0 saturated carbocycles. The van der Waals surface area contributed by atoms with Crippen molar-refractivity contribution >= 4 is 17.1 Å². The molecule has 2 N–H and O–H groups in total. The molecule has 9 heteroatoms. The lowest BCUT2D eigenvalue weighted by molar-refractivity contribution is 0.379. The zero-order chi connectivity index (χ0) is 20.4. The molecular weight excluding hydrogens is 370 g/mol. The lowest BCUT2D eigenvalue weighted by Crippen LogP contribution is -2.46. The van der Waals surface area contributed by atoms with Gasteiger partial charge in [0.05, 0.1) is 44.2 Å². The fourth-order valence-corrected chi connectivity index (χ4v) is 3.60. The van der Waals surface area contributed by atoms with Crippen molar-refractivity contribution in [2.75, 3.05) is 55.9 Å². The Labute approximate surface area is 169 Å². The second kappa shape index (κ2) is 7.86. The van der Waals surface area contributed by atoms with Gasteiger partial charge in [0, 0.05) is 62.3 Å². The Bertz CT molecular complexity index is 979. The van der Waals surface area contributed by atoms with E-state index in [0.29, 0.717) is 17.4 Å². The van der Waals surface area contributed by atoms with Gasteiger partial charge in [-0.15, -0.1) is 0 Å². The number of benzene rings is 1. The molecule has 0 unspecified atom stereocenters. The smallest absolute Gasteiger partial charge is 0.316 e. The van der Waals surface area contributed by atoms with Crippen LogP contribution in [0.4, 0.5) is 17.1 Å². The first kappa shape index (κ1) is 18.9. The summed E-state index contributed by atoms with van der Waals surface area (Å²) in [5.74, 6) is 0.679. The lowest BCUT2D eigenvalue weighted by atomic mass is 10.0. The van der Waals surface area contributed by atoms with Gasteiger partial charge in [0.15, 0.2) is 0 Å². The van der Waals surface area contributed by atoms with Crippen LogP contribution in [0.25, 0.3) is 11.1 Å². The number of methoxy groups -OCH3 is 2. The van der Waals surface area contributed by atoms with Crippen LogP contribution < -0.4 is 25.0 Å². The molecule has 152 valence electrons. The van der Waals surface area contributed by atoms with Crippen molar-refractivity contribution in [2.24, 2.45) is 7.05 Å². The Morgan fingerprint density at radius 2 is 1.62 bits per heavy atom. The van der Waals surface area contributed by atoms with E-state index in [1.54, 1.807) is 31.3 Å². The summed E-state index contributed by atoms with van der Waals surface area (Å²) in [5.41, 5.74) is 11.0. The van der Waals surface area contributed by atoms with E-state index in [2.05, 4.69) is 24.9 Å². The first-order chi connectivity index (χ1) is 14.1. The number of hydrogen-bond donors (Lipinski definition) is 1. The van der Waals surface area contributed by atoms with Crippen LogP contribution in [-0.2, 0) is 7.05 Å². The number of nitrogens with zero attached hydrogens (tertiary/aromatic N) is 6. The summed E-state index contributed by atoms with van der Waals surface area (Å²) >= 11 is 0. The topological polar surface area (TPSA) is 94.6 Å². The zero-order valence-electron chi connectivity index (χ0n) is 16.9. The van der Waals surface area contributed by atoms with Crippen LogP contribution in [0.3, 0.4) is 0 Å². The summed E-state index contributed by atoms with van der Waals surface area (Å²) < 4.78 is 12.3. The number of aromatic nitrogens is 4. The third-order valence-electron chi connectivity index (χ3n) is 5.15. The molecule has 1 saturated heterocycles. The van der Waals surface area contributed by atoms with E-state index in [9.17, 15) is 0 Å². The van der Waals surface area contributed by atoms with Gasteiger partial charge in [-0.25, -0.2) is 9.97 Å². The summed E-state index contributed by atoms with van der Waals surface area (Å²) in [7, 11) is 5.11. The highest BCUT2D eigenvalue weighted by atomic mass is 16.5. The predicted octanol–water partition coefficient (Wildman–Crippen LogP) is 1.80. The minimum Gasteiger partial charge on any atom is -0.495 e. The van der Waals surface area contributed by atoms with E-state index < -0.39 is 0 Å². The highest BCUT2D eigenvalue weighted by Gasteiger charge is 2.22. The van der Waals surface area contributed by atoms with Crippen molar-refractivity contribution in [3.8, 4) is 22.9 Å². The van der Waals surface area contributed by atoms with E-state index in [1.165, 1.54) is 0 Å². The number of rotatable bonds is 5. The predicted molar refractivity (Wildman–Crippen MR) is 113 cm³/mol. The zero-order valence-corrected chi connectivity index (χ0v) is 16.9. The highest BCUT2D eigenvalue weighted by Crippen LogP contribution is 2.38. The van der Waals surface area contributed by atoms with Crippen LogP contribution in [0.15, 0.2) is 36.9 Å². The van der Waals surface area contributed by atoms with Gasteiger partial charge >= 0.3 is 6.01 Å². The molecule has 0 amide bonds. The third-order valence-corrected chi connectivity index (χ3v) is 5.15. The number of piperazine rings is 1. The van der Waals surface area contributed by atoms with Gasteiger partial charge in [-0.05, 0) is 6.07 Å². The minimum atomic E-state index is 0.377. The van der Waals surface area contributed by atoms with E-state index in [4.69, 9.17) is 15.2 Å². The Hall–Kier alpha value is -3.49. The molecular formula is C20H25N7O2. The van der Waals surface area contributed by atoms with Crippen LogP contribution in [0.1, 0.15) is 0 Å². The Morgan fingerprint density at radius 1 is 0.931 bits per heavy atom. The van der Waals surface area contributed by atoms with Gasteiger partial charge in [0.2, 0.25) is 0 Å². The molecule has 1 aromatic carbocycles. The number of ether oxygens (including phenoxy) is 2. The number of anilines is 3. The van der Waals surface area contributed by atoms with Crippen LogP contribution >= 0.6 is 0 Å². The molecule has 3 heterocycles. The molecule has 2 aromatic heterocycles. The van der Waals surface area contributed by atoms with Crippen molar-refractivity contribution in [1.82, 2.24) is 19.7 Å². The summed E-state index contributed by atoms with van der Waals surface area (Å²) in [4.78, 5) is 13.0. The monoisotopic (exact) mass is 395 g/mol. The standard InChI is InChI=1S/C20H25N7O2/c1-25-13-14(10-24-25)16-8-17(21)19(28-2)9-18(16)27-6-4-26(5-7-27)15-11-22-20(29-3)23-12-15/h8-13H,4-7,21H2,1-3H3. The van der Waals surface area contributed by atoms with Crippen molar-refractivity contribution < 1.29 is 9.47 Å². The Balaban J connectivity index is 1.58. The molecule has 3 aromatic rings. The van der Waals surface area contributed by atoms with Crippen LogP contribution in [0.2, 0.25) is 0 Å². The van der Waals surface area contributed by atoms with Crippen molar-refractivity contribution in [3.05, 3.63) is 36.9 Å². The first-order valence-corrected chi connectivity index (χ1v) is 9.41. The van der Waals surface area contributed by atoms with Crippen LogP contribution in [-0.4, -0.2) is 60.1 Å². The van der Waals surface area contributed by atoms with E-state index in [-0.39, 0.29) is 0 Å². The van der Waals surface area contributed by atoms with E-state index in [0.717, 1.165) is 48.7 Å². The average molecular weight is 395 g/mol. The minimum absolute atomic E-state index is 0.377. The summed E-state index contributed by atoms with van der Waals surface area (Å²) in [6.07, 6.45) is 7.45. The Kier molecular flexibility index (Phi) is 5.11. The quantitative estimate of drug-likeness (QED) is 0.654. The molecule has 1 fully saturated rings. The molecule has 1 aliphatic rings. The van der Waals surface area contributed by atoms with E-state index >= 15 is 0 Å². The van der Waals surface area contributed by atoms with Crippen LogP contribution in [0, 0.1) is 0 Å². The maximum absolute atomic E-state index is 6.19. The lowest BCUT2D eigenvalue weighted by Gasteiger charge is -2.38. The summed E-state index contributed by atoms with van der Waals surface area (Å²) in [6, 6.07) is 4.36. The first-order valence-electron chi connectivity index (χ1n) is 9.41. The van der Waals surface area contributed by atoms with Crippen molar-refractivity contribution in [1.29, 1.82) is 0 Å². The van der Waals surface area contributed by atoms with Crippen molar-refractivity contribution in [2.45, 2.75) is 0 Å². The molecule has 0 spiro atoms. The fraction of sp³-hybridized carbons (Fsp3) is 0.350. The van der Waals surface area contributed by atoms with Crippen molar-refractivity contribution in [3.63, 3.8) is 0 Å².